The number of benzene rings is 2. The van der Waals surface area contributed by atoms with Crippen LogP contribution in [-0.2, 0) is 0 Å². The van der Waals surface area contributed by atoms with Gasteiger partial charge in [-0.25, -0.2) is 4.68 Å². The van der Waals surface area contributed by atoms with Crippen molar-refractivity contribution in [2.45, 2.75) is 6.92 Å². The number of rotatable bonds is 4. The Bertz CT molecular complexity index is 943. The molecule has 0 aliphatic rings. The van der Waals surface area contributed by atoms with Crippen molar-refractivity contribution >= 4 is 33.5 Å². The number of nitrogens with zero attached hydrogens (tertiary/aromatic N) is 3. The summed E-state index contributed by atoms with van der Waals surface area (Å²) < 4.78 is 2.80. The molecule has 0 aliphatic heterocycles. The van der Waals surface area contributed by atoms with Crippen LogP contribution in [0.15, 0.2) is 68.5 Å². The van der Waals surface area contributed by atoms with Crippen molar-refractivity contribution in [1.29, 1.82) is 0 Å². The van der Waals surface area contributed by atoms with E-state index in [0.717, 1.165) is 20.5 Å². The Labute approximate surface area is 152 Å². The van der Waals surface area contributed by atoms with Gasteiger partial charge in [-0.05, 0) is 25.1 Å². The van der Waals surface area contributed by atoms with E-state index in [1.165, 1.54) is 0 Å². The molecule has 0 unspecified atom stereocenters. The van der Waals surface area contributed by atoms with Gasteiger partial charge in [-0.1, -0.05) is 46.3 Å². The van der Waals surface area contributed by atoms with Crippen LogP contribution >= 0.6 is 27.3 Å². The quantitative estimate of drug-likeness (QED) is 0.643. The van der Waals surface area contributed by atoms with Crippen LogP contribution in [-0.4, -0.2) is 22.5 Å². The molecule has 0 fully saturated rings. The van der Waals surface area contributed by atoms with E-state index >= 15 is 0 Å². The molecule has 0 saturated carbocycles. The molecule has 1 aromatic heterocycles. The smallest absolute Gasteiger partial charge is 0.206 e. The van der Waals surface area contributed by atoms with Crippen LogP contribution in [0.2, 0.25) is 0 Å². The molecule has 3 rings (SSSR count). The first-order valence-corrected chi connectivity index (χ1v) is 9.16. The number of thiazole rings is 1. The molecule has 6 heteroatoms. The molecule has 122 valence electrons. The largest absolute Gasteiger partial charge is 0.507 e. The summed E-state index contributed by atoms with van der Waals surface area (Å²) in [6, 6.07) is 15.1. The molecule has 0 aliphatic carbocycles. The van der Waals surface area contributed by atoms with E-state index < -0.39 is 0 Å². The molecule has 24 heavy (non-hydrogen) atoms. The van der Waals surface area contributed by atoms with Gasteiger partial charge in [0.2, 0.25) is 4.80 Å². The average Bonchev–Trinajstić information content (AvgIpc) is 2.97. The number of halogens is 1. The van der Waals surface area contributed by atoms with Gasteiger partial charge in [-0.2, -0.15) is 5.10 Å². The summed E-state index contributed by atoms with van der Waals surface area (Å²) in [7, 11) is 0. The second-order valence-corrected chi connectivity index (χ2v) is 6.66. The number of hydrogen-bond acceptors (Lipinski definition) is 4. The van der Waals surface area contributed by atoms with Crippen LogP contribution in [0.1, 0.15) is 12.5 Å². The van der Waals surface area contributed by atoms with E-state index in [1.54, 1.807) is 34.4 Å². The predicted octanol–water partition coefficient (Wildman–Crippen LogP) is 4.49. The summed E-state index contributed by atoms with van der Waals surface area (Å²) in [5, 5.41) is 16.5. The normalized spacial score (nSPS) is 12.2. The molecular weight excluding hydrogens is 386 g/mol. The maximum absolute atomic E-state index is 9.91. The molecule has 0 amide bonds. The summed E-state index contributed by atoms with van der Waals surface area (Å²) in [6.45, 7) is 2.68. The highest BCUT2D eigenvalue weighted by atomic mass is 79.9. The minimum atomic E-state index is 0.202. The fourth-order valence-electron chi connectivity index (χ4n) is 2.23. The van der Waals surface area contributed by atoms with Gasteiger partial charge in [0.05, 0.1) is 11.9 Å². The number of para-hydroxylation sites is 1. The Morgan fingerprint density at radius 3 is 2.67 bits per heavy atom. The number of aromatic hydroxyl groups is 1. The Kier molecular flexibility index (Phi) is 5.27. The molecule has 2 aromatic carbocycles. The predicted molar refractivity (Wildman–Crippen MR) is 103 cm³/mol. The molecule has 0 saturated heterocycles. The van der Waals surface area contributed by atoms with Gasteiger partial charge in [0.25, 0.3) is 0 Å². The molecule has 0 spiro atoms. The van der Waals surface area contributed by atoms with E-state index in [2.05, 4.69) is 26.0 Å². The molecule has 1 N–H and O–H groups in total. The second kappa shape index (κ2) is 7.59. The van der Waals surface area contributed by atoms with Gasteiger partial charge in [0.1, 0.15) is 5.75 Å². The number of phenols is 1. The standard InChI is InChI=1S/C18H16BrN3OS/c1-2-20-18-22(21-11-13-7-3-6-10-17(13)23)16(12-24-18)14-8-4-5-9-15(14)19/h3-12,23H,2H2,1H3. The lowest BCUT2D eigenvalue weighted by atomic mass is 10.2. The highest BCUT2D eigenvalue weighted by Gasteiger charge is 2.10. The Hall–Kier alpha value is -2.18. The van der Waals surface area contributed by atoms with Gasteiger partial charge < -0.3 is 5.11 Å². The van der Waals surface area contributed by atoms with Crippen molar-refractivity contribution in [2.24, 2.45) is 10.1 Å². The lowest BCUT2D eigenvalue weighted by Crippen LogP contribution is -2.12. The minimum absolute atomic E-state index is 0.202. The van der Waals surface area contributed by atoms with Crippen molar-refractivity contribution < 1.29 is 5.11 Å². The van der Waals surface area contributed by atoms with Gasteiger partial charge in [0.15, 0.2) is 0 Å². The summed E-state index contributed by atoms with van der Waals surface area (Å²) in [6.07, 6.45) is 1.65. The van der Waals surface area contributed by atoms with Gasteiger partial charge in [-0.3, -0.25) is 4.99 Å². The maximum atomic E-state index is 9.91. The molecule has 3 aromatic rings. The molecule has 4 nitrogen and oxygen atoms in total. The van der Waals surface area contributed by atoms with E-state index in [1.807, 2.05) is 48.7 Å². The highest BCUT2D eigenvalue weighted by molar-refractivity contribution is 9.10. The van der Waals surface area contributed by atoms with Gasteiger partial charge in [-0.15, -0.1) is 11.3 Å². The summed E-state index contributed by atoms with van der Waals surface area (Å²) in [4.78, 5) is 5.32. The number of hydrogen-bond donors (Lipinski definition) is 1. The lowest BCUT2D eigenvalue weighted by molar-refractivity contribution is 0.474. The Morgan fingerprint density at radius 2 is 1.92 bits per heavy atom. The maximum Gasteiger partial charge on any atom is 0.206 e. The van der Waals surface area contributed by atoms with E-state index in [-0.39, 0.29) is 5.75 Å². The first kappa shape index (κ1) is 16.7. The molecule has 0 atom stereocenters. The van der Waals surface area contributed by atoms with E-state index in [4.69, 9.17) is 0 Å². The Morgan fingerprint density at radius 1 is 1.17 bits per heavy atom. The second-order valence-electron chi connectivity index (χ2n) is 4.97. The van der Waals surface area contributed by atoms with Crippen LogP contribution in [0.3, 0.4) is 0 Å². The minimum Gasteiger partial charge on any atom is -0.507 e. The third-order valence-corrected chi connectivity index (χ3v) is 4.92. The van der Waals surface area contributed by atoms with E-state index in [0.29, 0.717) is 12.1 Å². The van der Waals surface area contributed by atoms with E-state index in [9.17, 15) is 5.11 Å². The zero-order chi connectivity index (χ0) is 16.9. The fourth-order valence-corrected chi connectivity index (χ4v) is 3.61. The zero-order valence-corrected chi connectivity index (χ0v) is 15.5. The third kappa shape index (κ3) is 3.49. The van der Waals surface area contributed by atoms with Crippen LogP contribution < -0.4 is 4.80 Å². The first-order valence-electron chi connectivity index (χ1n) is 7.49. The fraction of sp³-hybridized carbons (Fsp3) is 0.111. The summed E-state index contributed by atoms with van der Waals surface area (Å²) >= 11 is 5.13. The van der Waals surface area contributed by atoms with Crippen molar-refractivity contribution in [1.82, 2.24) is 4.68 Å². The molecular formula is C18H16BrN3OS. The van der Waals surface area contributed by atoms with Crippen molar-refractivity contribution in [2.75, 3.05) is 6.54 Å². The van der Waals surface area contributed by atoms with Crippen LogP contribution in [0.4, 0.5) is 0 Å². The average molecular weight is 402 g/mol. The third-order valence-electron chi connectivity index (χ3n) is 3.38. The molecule has 0 bridgehead atoms. The summed E-state index contributed by atoms with van der Waals surface area (Å²) in [5.41, 5.74) is 2.66. The molecule has 1 heterocycles. The summed E-state index contributed by atoms with van der Waals surface area (Å²) in [5.74, 6) is 0.202. The first-order chi connectivity index (χ1) is 11.7. The Balaban J connectivity index is 2.12. The number of phenolic OH excluding ortho intramolecular Hbond substituents is 1. The van der Waals surface area contributed by atoms with Crippen LogP contribution in [0, 0.1) is 0 Å². The topological polar surface area (TPSA) is 49.9 Å². The molecule has 0 radical (unpaired) electrons. The van der Waals surface area contributed by atoms with Crippen LogP contribution in [0.25, 0.3) is 11.3 Å². The van der Waals surface area contributed by atoms with Crippen molar-refractivity contribution in [3.8, 4) is 17.0 Å². The number of aromatic nitrogens is 1. The van der Waals surface area contributed by atoms with Crippen molar-refractivity contribution in [3.05, 3.63) is 68.7 Å². The van der Waals surface area contributed by atoms with Gasteiger partial charge in [0, 0.05) is 27.5 Å². The van der Waals surface area contributed by atoms with Crippen LogP contribution in [0.5, 0.6) is 5.75 Å². The lowest BCUT2D eigenvalue weighted by Gasteiger charge is -2.06. The highest BCUT2D eigenvalue weighted by Crippen LogP contribution is 2.28. The zero-order valence-electron chi connectivity index (χ0n) is 13.1. The SMILES string of the molecule is CCN=c1scc(-c2ccccc2Br)n1N=Cc1ccccc1O. The van der Waals surface area contributed by atoms with Gasteiger partial charge >= 0.3 is 0 Å². The monoisotopic (exact) mass is 401 g/mol. The van der Waals surface area contributed by atoms with Crippen molar-refractivity contribution in [3.63, 3.8) is 0 Å².